The lowest BCUT2D eigenvalue weighted by Crippen LogP contribution is -2.54. The van der Waals surface area contributed by atoms with Crippen molar-refractivity contribution in [2.24, 2.45) is 0 Å². The molecule has 76 valence electrons. The zero-order valence-corrected chi connectivity index (χ0v) is 8.49. The molecule has 0 radical (unpaired) electrons. The standard InChI is InChI=1S/C9H15NO2.ClH/c11-8-1-4-10-9(7-8)2-5-12-6-3-9;/h10H,1-7H2;1H. The molecular weight excluding hydrogens is 190 g/mol. The maximum atomic E-state index is 11.3. The molecule has 3 nitrogen and oxygen atoms in total. The molecule has 1 spiro atoms. The zero-order chi connectivity index (χ0) is 8.44. The first-order valence-corrected chi connectivity index (χ1v) is 4.65. The van der Waals surface area contributed by atoms with Crippen molar-refractivity contribution in [2.45, 2.75) is 31.2 Å². The number of rotatable bonds is 0. The Morgan fingerprint density at radius 1 is 1.31 bits per heavy atom. The van der Waals surface area contributed by atoms with Gasteiger partial charge in [0.1, 0.15) is 5.78 Å². The summed E-state index contributed by atoms with van der Waals surface area (Å²) in [5.74, 6) is 0.413. The summed E-state index contributed by atoms with van der Waals surface area (Å²) in [6, 6.07) is 0. The first-order valence-electron chi connectivity index (χ1n) is 4.65. The fraction of sp³-hybridized carbons (Fsp3) is 0.889. The number of ether oxygens (including phenoxy) is 1. The third-order valence-corrected chi connectivity index (χ3v) is 2.89. The van der Waals surface area contributed by atoms with Crippen LogP contribution in [0.1, 0.15) is 25.7 Å². The summed E-state index contributed by atoms with van der Waals surface area (Å²) in [7, 11) is 0. The Bertz CT molecular complexity index is 185. The molecule has 0 aromatic carbocycles. The van der Waals surface area contributed by atoms with E-state index in [4.69, 9.17) is 4.74 Å². The van der Waals surface area contributed by atoms with E-state index in [9.17, 15) is 4.79 Å². The fourth-order valence-electron chi connectivity index (χ4n) is 2.11. The van der Waals surface area contributed by atoms with Gasteiger partial charge in [-0.05, 0) is 12.8 Å². The summed E-state index contributed by atoms with van der Waals surface area (Å²) in [4.78, 5) is 11.3. The Morgan fingerprint density at radius 3 is 2.62 bits per heavy atom. The maximum Gasteiger partial charge on any atom is 0.136 e. The van der Waals surface area contributed by atoms with E-state index in [0.717, 1.165) is 39.0 Å². The van der Waals surface area contributed by atoms with Crippen molar-refractivity contribution in [2.75, 3.05) is 19.8 Å². The van der Waals surface area contributed by atoms with Crippen molar-refractivity contribution in [3.8, 4) is 0 Å². The highest BCUT2D eigenvalue weighted by Crippen LogP contribution is 2.27. The normalized spacial score (nSPS) is 26.9. The molecule has 2 aliphatic heterocycles. The van der Waals surface area contributed by atoms with Crippen LogP contribution in [0.2, 0.25) is 0 Å². The second-order valence-corrected chi connectivity index (χ2v) is 3.78. The number of piperidine rings is 1. The second kappa shape index (κ2) is 4.40. The lowest BCUT2D eigenvalue weighted by atomic mass is 9.82. The molecular formula is C9H16ClNO2. The molecule has 2 aliphatic rings. The number of carbonyl (C=O) groups is 1. The van der Waals surface area contributed by atoms with Gasteiger partial charge in [-0.1, -0.05) is 0 Å². The Labute approximate surface area is 84.6 Å². The van der Waals surface area contributed by atoms with Gasteiger partial charge in [-0.25, -0.2) is 0 Å². The molecule has 1 N–H and O–H groups in total. The van der Waals surface area contributed by atoms with Gasteiger partial charge in [-0.2, -0.15) is 0 Å². The number of carbonyl (C=O) groups excluding carboxylic acids is 1. The molecule has 0 saturated carbocycles. The van der Waals surface area contributed by atoms with Gasteiger partial charge in [0, 0.05) is 38.1 Å². The summed E-state index contributed by atoms with van der Waals surface area (Å²) in [6.45, 7) is 2.47. The van der Waals surface area contributed by atoms with E-state index in [0.29, 0.717) is 12.2 Å². The first kappa shape index (κ1) is 11.0. The predicted octanol–water partition coefficient (Wildman–Crippen LogP) is 0.910. The maximum absolute atomic E-state index is 11.3. The predicted molar refractivity (Wildman–Crippen MR) is 52.3 cm³/mol. The van der Waals surface area contributed by atoms with Gasteiger partial charge in [0.2, 0.25) is 0 Å². The van der Waals surface area contributed by atoms with Crippen LogP contribution in [0.5, 0.6) is 0 Å². The number of ketones is 1. The third kappa shape index (κ3) is 2.42. The highest BCUT2D eigenvalue weighted by atomic mass is 35.5. The van der Waals surface area contributed by atoms with E-state index in [2.05, 4.69) is 5.32 Å². The van der Waals surface area contributed by atoms with Crippen molar-refractivity contribution >= 4 is 18.2 Å². The van der Waals surface area contributed by atoms with Crippen molar-refractivity contribution in [1.29, 1.82) is 0 Å². The van der Waals surface area contributed by atoms with Crippen molar-refractivity contribution in [3.63, 3.8) is 0 Å². The third-order valence-electron chi connectivity index (χ3n) is 2.89. The smallest absolute Gasteiger partial charge is 0.136 e. The number of hydrogen-bond donors (Lipinski definition) is 1. The van der Waals surface area contributed by atoms with Gasteiger partial charge in [-0.15, -0.1) is 12.4 Å². The summed E-state index contributed by atoms with van der Waals surface area (Å²) in [5.41, 5.74) is 0.105. The van der Waals surface area contributed by atoms with Crippen LogP contribution < -0.4 is 5.32 Å². The Hall–Kier alpha value is -0.120. The van der Waals surface area contributed by atoms with Gasteiger partial charge in [0.25, 0.3) is 0 Å². The van der Waals surface area contributed by atoms with Crippen molar-refractivity contribution < 1.29 is 9.53 Å². The summed E-state index contributed by atoms with van der Waals surface area (Å²) < 4.78 is 5.28. The SMILES string of the molecule is Cl.O=C1CCNC2(CCOCC2)C1. The van der Waals surface area contributed by atoms with Crippen LogP contribution in [-0.4, -0.2) is 31.1 Å². The average molecular weight is 206 g/mol. The largest absolute Gasteiger partial charge is 0.381 e. The molecule has 0 aromatic rings. The molecule has 0 bridgehead atoms. The lowest BCUT2D eigenvalue weighted by molar-refractivity contribution is -0.123. The zero-order valence-electron chi connectivity index (χ0n) is 7.67. The Kier molecular flexibility index (Phi) is 3.71. The minimum atomic E-state index is 0. The molecule has 2 fully saturated rings. The van der Waals surface area contributed by atoms with Gasteiger partial charge in [-0.3, -0.25) is 4.79 Å². The number of nitrogens with one attached hydrogen (secondary N) is 1. The minimum absolute atomic E-state index is 0. The summed E-state index contributed by atoms with van der Waals surface area (Å²) in [6.07, 6.45) is 3.43. The van der Waals surface area contributed by atoms with E-state index < -0.39 is 0 Å². The molecule has 4 heteroatoms. The van der Waals surface area contributed by atoms with Crippen LogP contribution in [0, 0.1) is 0 Å². The summed E-state index contributed by atoms with van der Waals surface area (Å²) in [5, 5.41) is 3.46. The molecule has 2 rings (SSSR count). The van der Waals surface area contributed by atoms with Crippen LogP contribution in [-0.2, 0) is 9.53 Å². The monoisotopic (exact) mass is 205 g/mol. The Balaban J connectivity index is 0.000000845. The van der Waals surface area contributed by atoms with E-state index in [1.807, 2.05) is 0 Å². The summed E-state index contributed by atoms with van der Waals surface area (Å²) >= 11 is 0. The molecule has 0 aromatic heterocycles. The van der Waals surface area contributed by atoms with Crippen molar-refractivity contribution in [1.82, 2.24) is 5.32 Å². The first-order chi connectivity index (χ1) is 5.81. The average Bonchev–Trinajstić information content (AvgIpc) is 2.05. The highest BCUT2D eigenvalue weighted by Gasteiger charge is 2.36. The second-order valence-electron chi connectivity index (χ2n) is 3.78. The fourth-order valence-corrected chi connectivity index (χ4v) is 2.11. The number of halogens is 1. The highest BCUT2D eigenvalue weighted by molar-refractivity contribution is 5.85. The molecule has 0 aliphatic carbocycles. The molecule has 2 heterocycles. The van der Waals surface area contributed by atoms with Gasteiger partial charge in [0.05, 0.1) is 0 Å². The van der Waals surface area contributed by atoms with Crippen LogP contribution in [0.3, 0.4) is 0 Å². The topological polar surface area (TPSA) is 38.3 Å². The van der Waals surface area contributed by atoms with E-state index in [-0.39, 0.29) is 17.9 Å². The quantitative estimate of drug-likeness (QED) is 0.639. The van der Waals surface area contributed by atoms with Crippen LogP contribution >= 0.6 is 12.4 Å². The van der Waals surface area contributed by atoms with Gasteiger partial charge >= 0.3 is 0 Å². The van der Waals surface area contributed by atoms with Gasteiger partial charge in [0.15, 0.2) is 0 Å². The Morgan fingerprint density at radius 2 is 2.00 bits per heavy atom. The van der Waals surface area contributed by atoms with Crippen LogP contribution in [0.25, 0.3) is 0 Å². The van der Waals surface area contributed by atoms with E-state index >= 15 is 0 Å². The minimum Gasteiger partial charge on any atom is -0.381 e. The van der Waals surface area contributed by atoms with E-state index in [1.54, 1.807) is 0 Å². The van der Waals surface area contributed by atoms with Crippen LogP contribution in [0.15, 0.2) is 0 Å². The van der Waals surface area contributed by atoms with Crippen molar-refractivity contribution in [3.05, 3.63) is 0 Å². The lowest BCUT2D eigenvalue weighted by Gasteiger charge is -2.40. The molecule has 0 amide bonds. The molecule has 2 saturated heterocycles. The number of Topliss-reactive ketones (excluding diaryl/α,β-unsaturated/α-hetero) is 1. The van der Waals surface area contributed by atoms with Crippen LogP contribution in [0.4, 0.5) is 0 Å². The van der Waals surface area contributed by atoms with Gasteiger partial charge < -0.3 is 10.1 Å². The molecule has 0 atom stereocenters. The molecule has 13 heavy (non-hydrogen) atoms. The molecule has 0 unspecified atom stereocenters. The number of hydrogen-bond acceptors (Lipinski definition) is 3. The van der Waals surface area contributed by atoms with E-state index in [1.165, 1.54) is 0 Å².